The monoisotopic (exact) mass is 263 g/mol. The lowest BCUT2D eigenvalue weighted by atomic mass is 10.2. The summed E-state index contributed by atoms with van der Waals surface area (Å²) in [7, 11) is 0. The molecule has 0 aliphatic carbocycles. The van der Waals surface area contributed by atoms with Crippen LogP contribution in [0.15, 0.2) is 24.5 Å². The molecule has 0 unspecified atom stereocenters. The summed E-state index contributed by atoms with van der Waals surface area (Å²) in [4.78, 5) is 19.9. The summed E-state index contributed by atoms with van der Waals surface area (Å²) >= 11 is 0. The molecule has 1 aromatic rings. The smallest absolute Gasteiger partial charge is 0.324 e. The third kappa shape index (κ3) is 3.67. The number of aromatic nitrogens is 1. The zero-order valence-corrected chi connectivity index (χ0v) is 11.2. The van der Waals surface area contributed by atoms with Gasteiger partial charge in [0.15, 0.2) is 0 Å². The van der Waals surface area contributed by atoms with E-state index < -0.39 is 0 Å². The first-order chi connectivity index (χ1) is 9.33. The van der Waals surface area contributed by atoms with Crippen LogP contribution in [-0.4, -0.2) is 47.3 Å². The molecule has 1 saturated heterocycles. The van der Waals surface area contributed by atoms with Gasteiger partial charge in [-0.05, 0) is 25.0 Å². The maximum Gasteiger partial charge on any atom is 0.324 e. The predicted octanol–water partition coefficient (Wildman–Crippen LogP) is 1.88. The van der Waals surface area contributed by atoms with Gasteiger partial charge in [-0.2, -0.15) is 0 Å². The number of hydrogen-bond acceptors (Lipinski definition) is 3. The molecular weight excluding hydrogens is 242 g/mol. The summed E-state index contributed by atoms with van der Waals surface area (Å²) in [6.45, 7) is 2.62. The number of carbonyl (C=O) groups is 1. The molecular formula is C14H21N3O2. The molecule has 1 fully saturated rings. The lowest BCUT2D eigenvalue weighted by Gasteiger charge is -2.18. The van der Waals surface area contributed by atoms with Crippen LogP contribution in [0.5, 0.6) is 0 Å². The van der Waals surface area contributed by atoms with Crippen molar-refractivity contribution in [1.82, 2.24) is 9.88 Å². The van der Waals surface area contributed by atoms with Gasteiger partial charge >= 0.3 is 6.03 Å². The number of hydrogen-bond donors (Lipinski definition) is 1. The third-order valence-corrected chi connectivity index (χ3v) is 3.41. The number of urea groups is 1. The number of pyridine rings is 1. The summed E-state index contributed by atoms with van der Waals surface area (Å²) in [6, 6.07) is 3.82. The number of rotatable bonds is 7. The molecule has 104 valence electrons. The summed E-state index contributed by atoms with van der Waals surface area (Å²) in [5.74, 6) is 0. The van der Waals surface area contributed by atoms with Gasteiger partial charge in [0, 0.05) is 44.3 Å². The number of carbonyl (C=O) groups excluding carboxylic acids is 1. The fourth-order valence-electron chi connectivity index (χ4n) is 2.32. The molecule has 0 aromatic carbocycles. The van der Waals surface area contributed by atoms with Crippen LogP contribution in [0.3, 0.4) is 0 Å². The van der Waals surface area contributed by atoms with E-state index in [0.29, 0.717) is 0 Å². The lowest BCUT2D eigenvalue weighted by molar-refractivity contribution is 0.219. The summed E-state index contributed by atoms with van der Waals surface area (Å²) < 4.78 is 0. The molecule has 2 heterocycles. The van der Waals surface area contributed by atoms with Crippen LogP contribution in [0.4, 0.5) is 10.5 Å². The van der Waals surface area contributed by atoms with E-state index in [9.17, 15) is 4.79 Å². The molecule has 1 aromatic heterocycles. The maximum absolute atomic E-state index is 12.2. The second-order valence-corrected chi connectivity index (χ2v) is 4.76. The van der Waals surface area contributed by atoms with Crippen molar-refractivity contribution in [2.24, 2.45) is 0 Å². The Kier molecular flexibility index (Phi) is 5.15. The number of anilines is 1. The highest BCUT2D eigenvalue weighted by Crippen LogP contribution is 2.19. The van der Waals surface area contributed by atoms with Crippen LogP contribution in [0, 0.1) is 0 Å². The maximum atomic E-state index is 12.2. The minimum absolute atomic E-state index is 0.0911. The van der Waals surface area contributed by atoms with Crippen molar-refractivity contribution in [1.29, 1.82) is 0 Å². The fraction of sp³-hybridized carbons (Fsp3) is 0.571. The predicted molar refractivity (Wildman–Crippen MR) is 74.1 cm³/mol. The standard InChI is InChI=1S/C14H21N3O2/c18-12-4-2-1-3-9-16-10-11-17(14(16)19)13-5-7-15-8-6-13/h5-8,18H,1-4,9-12H2. The molecule has 5 heteroatoms. The van der Waals surface area contributed by atoms with Gasteiger partial charge in [0.2, 0.25) is 0 Å². The number of amides is 2. The van der Waals surface area contributed by atoms with Crippen molar-refractivity contribution >= 4 is 11.7 Å². The molecule has 0 spiro atoms. The molecule has 19 heavy (non-hydrogen) atoms. The van der Waals surface area contributed by atoms with Crippen LogP contribution in [0.25, 0.3) is 0 Å². The Morgan fingerprint density at radius 3 is 2.58 bits per heavy atom. The van der Waals surface area contributed by atoms with Gasteiger partial charge in [0.25, 0.3) is 0 Å². The molecule has 1 N–H and O–H groups in total. The van der Waals surface area contributed by atoms with E-state index in [-0.39, 0.29) is 12.6 Å². The van der Waals surface area contributed by atoms with E-state index in [1.807, 2.05) is 17.0 Å². The minimum atomic E-state index is 0.0911. The molecule has 2 rings (SSSR count). The summed E-state index contributed by atoms with van der Waals surface area (Å²) in [5, 5.41) is 8.70. The topological polar surface area (TPSA) is 56.7 Å². The average molecular weight is 263 g/mol. The van der Waals surface area contributed by atoms with Gasteiger partial charge in [-0.15, -0.1) is 0 Å². The highest BCUT2D eigenvalue weighted by molar-refractivity contribution is 5.93. The molecule has 0 atom stereocenters. The van der Waals surface area contributed by atoms with Gasteiger partial charge in [-0.1, -0.05) is 12.8 Å². The van der Waals surface area contributed by atoms with E-state index in [1.54, 1.807) is 17.3 Å². The SMILES string of the molecule is O=C1N(CCCCCCO)CCN1c1ccncc1. The van der Waals surface area contributed by atoms with Crippen LogP contribution in [0.2, 0.25) is 0 Å². The van der Waals surface area contributed by atoms with Gasteiger partial charge in [0.05, 0.1) is 0 Å². The molecule has 1 aliphatic rings. The Morgan fingerprint density at radius 2 is 1.84 bits per heavy atom. The van der Waals surface area contributed by atoms with E-state index in [4.69, 9.17) is 5.11 Å². The Labute approximate surface area is 113 Å². The van der Waals surface area contributed by atoms with Crippen molar-refractivity contribution in [2.75, 3.05) is 31.1 Å². The van der Waals surface area contributed by atoms with Crippen molar-refractivity contribution in [2.45, 2.75) is 25.7 Å². The van der Waals surface area contributed by atoms with Crippen molar-refractivity contribution in [3.8, 4) is 0 Å². The quantitative estimate of drug-likeness (QED) is 0.764. The first-order valence-electron chi connectivity index (χ1n) is 6.90. The normalized spacial score (nSPS) is 15.3. The first kappa shape index (κ1) is 13.8. The zero-order valence-electron chi connectivity index (χ0n) is 11.2. The van der Waals surface area contributed by atoms with E-state index >= 15 is 0 Å². The Hall–Kier alpha value is -1.62. The number of aliphatic hydroxyl groups excluding tert-OH is 1. The van der Waals surface area contributed by atoms with Crippen molar-refractivity contribution in [3.05, 3.63) is 24.5 Å². The van der Waals surface area contributed by atoms with Crippen LogP contribution in [-0.2, 0) is 0 Å². The Balaban J connectivity index is 1.78. The van der Waals surface area contributed by atoms with Gasteiger partial charge < -0.3 is 10.0 Å². The average Bonchev–Trinajstić information content (AvgIpc) is 2.81. The van der Waals surface area contributed by atoms with E-state index in [0.717, 1.165) is 51.0 Å². The minimum Gasteiger partial charge on any atom is -0.396 e. The largest absolute Gasteiger partial charge is 0.396 e. The van der Waals surface area contributed by atoms with Crippen LogP contribution < -0.4 is 4.90 Å². The van der Waals surface area contributed by atoms with Crippen molar-refractivity contribution < 1.29 is 9.90 Å². The van der Waals surface area contributed by atoms with Crippen LogP contribution >= 0.6 is 0 Å². The van der Waals surface area contributed by atoms with Crippen molar-refractivity contribution in [3.63, 3.8) is 0 Å². The van der Waals surface area contributed by atoms with E-state index in [1.165, 1.54) is 0 Å². The number of nitrogens with zero attached hydrogens (tertiary/aromatic N) is 3. The zero-order chi connectivity index (χ0) is 13.5. The summed E-state index contributed by atoms with van der Waals surface area (Å²) in [6.07, 6.45) is 7.39. The molecule has 0 saturated carbocycles. The second kappa shape index (κ2) is 7.09. The van der Waals surface area contributed by atoms with Crippen LogP contribution in [0.1, 0.15) is 25.7 Å². The fourth-order valence-corrected chi connectivity index (χ4v) is 2.32. The van der Waals surface area contributed by atoms with E-state index in [2.05, 4.69) is 4.98 Å². The first-order valence-corrected chi connectivity index (χ1v) is 6.90. The Bertz CT molecular complexity index is 397. The number of unbranched alkanes of at least 4 members (excludes halogenated alkanes) is 3. The second-order valence-electron chi connectivity index (χ2n) is 4.76. The molecule has 1 aliphatic heterocycles. The highest BCUT2D eigenvalue weighted by Gasteiger charge is 2.28. The third-order valence-electron chi connectivity index (χ3n) is 3.41. The van der Waals surface area contributed by atoms with Gasteiger partial charge in [-0.25, -0.2) is 4.79 Å². The van der Waals surface area contributed by atoms with Gasteiger partial charge in [0.1, 0.15) is 0 Å². The molecule has 0 bridgehead atoms. The lowest BCUT2D eigenvalue weighted by Crippen LogP contribution is -2.32. The van der Waals surface area contributed by atoms with Gasteiger partial charge in [-0.3, -0.25) is 9.88 Å². The summed E-state index contributed by atoms with van der Waals surface area (Å²) in [5.41, 5.74) is 0.919. The number of aliphatic hydroxyl groups is 1. The molecule has 2 amide bonds. The highest BCUT2D eigenvalue weighted by atomic mass is 16.2. The molecule has 0 radical (unpaired) electrons. The molecule has 5 nitrogen and oxygen atoms in total. The Morgan fingerprint density at radius 1 is 1.11 bits per heavy atom.